The van der Waals surface area contributed by atoms with Gasteiger partial charge in [0.1, 0.15) is 0 Å². The molecule has 0 heterocycles. The van der Waals surface area contributed by atoms with Gasteiger partial charge in [0.05, 0.1) is 43.9 Å². The molecule has 0 spiro atoms. The highest BCUT2D eigenvalue weighted by Gasteiger charge is 2.19. The Morgan fingerprint density at radius 3 is 1.25 bits per heavy atom. The molecule has 0 atom stereocenters. The largest absolute Gasteiger partial charge is 0.310 e. The minimum atomic E-state index is -1.29. The van der Waals surface area contributed by atoms with Crippen molar-refractivity contribution in [3.8, 4) is 22.3 Å². The molecule has 0 bridgehead atoms. The summed E-state index contributed by atoms with van der Waals surface area (Å²) >= 11 is 0. The van der Waals surface area contributed by atoms with Crippen molar-refractivity contribution >= 4 is 81.7 Å². The molecule has 0 saturated heterocycles. The van der Waals surface area contributed by atoms with Gasteiger partial charge in [-0.15, -0.1) is 0 Å². The second-order valence-corrected chi connectivity index (χ2v) is 11.6. The summed E-state index contributed by atoms with van der Waals surface area (Å²) in [5, 5.41) is -6.74. The molecule has 11 aromatic rings. The third-order valence-corrected chi connectivity index (χ3v) is 8.71. The van der Waals surface area contributed by atoms with Gasteiger partial charge in [0.2, 0.25) is 0 Å². The predicted octanol–water partition coefficient (Wildman–Crippen LogP) is 14.8. The first-order chi connectivity index (χ1) is 39.6. The molecule has 1 nitrogen and oxygen atoms in total. The van der Waals surface area contributed by atoms with Gasteiger partial charge in [-0.1, -0.05) is 163 Å². The van der Waals surface area contributed by atoms with Crippen LogP contribution in [0.15, 0.2) is 199 Å². The van der Waals surface area contributed by atoms with Crippen LogP contribution in [0.1, 0.15) is 43.9 Å². The molecule has 0 aliphatic heterocycles. The summed E-state index contributed by atoms with van der Waals surface area (Å²) in [7, 11) is 0. The Morgan fingerprint density at radius 2 is 0.717 bits per heavy atom. The fraction of sp³-hybridized carbons (Fsp3) is 0. The first-order valence-electron chi connectivity index (χ1n) is 31.7. The average molecular weight is 704 g/mol. The molecule has 1 heteroatoms. The maximum atomic E-state index is 10.6. The van der Waals surface area contributed by atoms with Gasteiger partial charge < -0.3 is 4.90 Å². The second-order valence-electron chi connectivity index (χ2n) is 11.6. The molecule has 0 N–H and O–H groups in total. The van der Waals surface area contributed by atoms with E-state index < -0.39 is 297 Å². The molecule has 0 radical (unpaired) electrons. The summed E-state index contributed by atoms with van der Waals surface area (Å²) in [6.07, 6.45) is 0. The van der Waals surface area contributed by atoms with E-state index in [1.165, 1.54) is 0 Å². The first kappa shape index (κ1) is 12.0. The highest BCUT2D eigenvalue weighted by atomic mass is 15.1. The van der Waals surface area contributed by atoms with E-state index >= 15 is 0 Å². The molecular weight excluding hydrogens is 639 g/mol. The van der Waals surface area contributed by atoms with Gasteiger partial charge in [0, 0.05) is 17.1 Å². The zero-order chi connectivity index (χ0) is 62.7. The summed E-state index contributed by atoms with van der Waals surface area (Å²) in [6.45, 7) is 0. The summed E-state index contributed by atoms with van der Waals surface area (Å²) in [4.78, 5) is 0.366. The Balaban J connectivity index is 1.48. The van der Waals surface area contributed by atoms with Crippen LogP contribution >= 0.6 is 0 Å². The number of fused-ring (bicyclic) bond motifs is 2. The van der Waals surface area contributed by atoms with Gasteiger partial charge in [-0.2, -0.15) is 0 Å². The van der Waals surface area contributed by atoms with E-state index in [1.54, 1.807) is 0 Å². The highest BCUT2D eigenvalue weighted by molar-refractivity contribution is 6.37. The zero-order valence-corrected chi connectivity index (χ0v) is 26.5. The summed E-state index contributed by atoms with van der Waals surface area (Å²) < 4.78 is 294. The lowest BCUT2D eigenvalue weighted by Gasteiger charge is -2.27. The van der Waals surface area contributed by atoms with Crippen LogP contribution in [-0.2, 0) is 0 Å². The molecule has 53 heavy (non-hydrogen) atoms. The topological polar surface area (TPSA) is 3.24 Å². The van der Waals surface area contributed by atoms with E-state index in [0.717, 1.165) is 6.07 Å². The van der Waals surface area contributed by atoms with Gasteiger partial charge in [-0.05, 0) is 123 Å². The minimum Gasteiger partial charge on any atom is -0.310 e. The Hall–Kier alpha value is -6.96. The van der Waals surface area contributed by atoms with Crippen molar-refractivity contribution in [2.24, 2.45) is 0 Å². The van der Waals surface area contributed by atoms with Gasteiger partial charge in [-0.3, -0.25) is 0 Å². The average Bonchev–Trinajstić information content (AvgIpc) is 0.699. The normalized spacial score (nSPS) is 20.2. The van der Waals surface area contributed by atoms with Crippen LogP contribution in [0.3, 0.4) is 0 Å². The Morgan fingerprint density at radius 1 is 0.283 bits per heavy atom. The standard InChI is InChI=1S/C52H33N/c1-3-10-34(11-4-1)36-24-28-42(29-25-36)53(43-30-26-37(27-31-43)35-12-5-2-6-13-35)44-32-41-23-22-40-15-8-18-46-45-17-7-14-38-20-21-39-16-9-19-47(51(39)49(38)45)48(33-44)52(41)50(40)46/h1-33H/i1D,2D,3D,4D,5D,6D,7D,8D,9D,10D,11D,12D,13D,14D,15D,16D,17D,18D,20D,21D,22D,23D,24D,25D,26D,27D,28D,29D,30D,31D,32D,33D. The van der Waals surface area contributed by atoms with Crippen molar-refractivity contribution in [2.45, 2.75) is 0 Å². The summed E-state index contributed by atoms with van der Waals surface area (Å²) in [6, 6.07) is -31.5. The molecule has 11 aromatic carbocycles. The molecular formula is C52H33N. The molecule has 0 aliphatic carbocycles. The van der Waals surface area contributed by atoms with Crippen LogP contribution < -0.4 is 4.90 Å². The third-order valence-electron chi connectivity index (χ3n) is 8.71. The SMILES string of the molecule is [2H]c1cc2c3c([2H])c(N(c4c([2H])c([2H])c(-c5c([2H])c([2H])c([2H])c([2H])c5[2H])c([2H])c4[2H])c4c([2H])c([2H])c(-c5c([2H])c([2H])c([2H])c([2H])c5[2H])c([2H])c4[2H])c([2H])c4c([2H])c([2H])c5c([2H])c([2H])c([2H])c(c6c([2H])c([2H])c([2H])c7c([2H])c([2H])c(c1[2H])c2c76)c5c43. The Kier molecular flexibility index (Phi) is 2.68. The van der Waals surface area contributed by atoms with Crippen molar-refractivity contribution in [3.05, 3.63) is 199 Å². The first-order valence-corrected chi connectivity index (χ1v) is 15.7. The van der Waals surface area contributed by atoms with Crippen LogP contribution in [0.2, 0.25) is 0 Å². The number of hydrogen-bond acceptors (Lipinski definition) is 1. The van der Waals surface area contributed by atoms with E-state index in [4.69, 9.17) is 17.8 Å². The fourth-order valence-corrected chi connectivity index (χ4v) is 6.47. The van der Waals surface area contributed by atoms with Crippen LogP contribution in [0, 0.1) is 0 Å². The lowest BCUT2D eigenvalue weighted by Crippen LogP contribution is -2.10. The van der Waals surface area contributed by atoms with Gasteiger partial charge >= 0.3 is 0 Å². The van der Waals surface area contributed by atoms with E-state index in [9.17, 15) is 26.0 Å². The second kappa shape index (κ2) is 11.8. The van der Waals surface area contributed by atoms with Crippen LogP contribution in [0.5, 0.6) is 0 Å². The van der Waals surface area contributed by atoms with Crippen molar-refractivity contribution in [1.29, 1.82) is 0 Å². The summed E-state index contributed by atoms with van der Waals surface area (Å²) in [5.41, 5.74) is -7.04. The smallest absolute Gasteiger partial charge is 0.0652 e. The molecule has 0 aliphatic rings. The number of benzene rings is 10. The van der Waals surface area contributed by atoms with Gasteiger partial charge in [0.15, 0.2) is 0 Å². The molecule has 246 valence electrons. The Bertz CT molecular complexity index is 4780. The third kappa shape index (κ3) is 4.71. The van der Waals surface area contributed by atoms with E-state index in [1.807, 2.05) is 0 Å². The number of rotatable bonds is 5. The highest BCUT2D eigenvalue weighted by Crippen LogP contribution is 2.46. The van der Waals surface area contributed by atoms with Crippen LogP contribution in [0.25, 0.3) is 86.9 Å². The van der Waals surface area contributed by atoms with Crippen LogP contribution in [0.4, 0.5) is 17.1 Å². The lowest BCUT2D eigenvalue weighted by atomic mass is 9.87. The van der Waals surface area contributed by atoms with E-state index in [0.29, 0.717) is 4.90 Å². The van der Waals surface area contributed by atoms with Gasteiger partial charge in [0.25, 0.3) is 0 Å². The van der Waals surface area contributed by atoms with Gasteiger partial charge in [-0.25, -0.2) is 0 Å². The minimum absolute atomic E-state index is 0.366. The van der Waals surface area contributed by atoms with Crippen molar-refractivity contribution in [2.75, 3.05) is 4.90 Å². The number of anilines is 3. The quantitative estimate of drug-likeness (QED) is 0.161. The monoisotopic (exact) mass is 703 g/mol. The zero-order valence-electron chi connectivity index (χ0n) is 58.5. The molecule has 0 saturated carbocycles. The molecule has 0 amide bonds. The maximum Gasteiger partial charge on any atom is 0.0652 e. The molecule has 0 aromatic heterocycles. The summed E-state index contributed by atoms with van der Waals surface area (Å²) in [5.74, 6) is 0. The van der Waals surface area contributed by atoms with E-state index in [2.05, 4.69) is 0 Å². The molecule has 11 rings (SSSR count). The number of nitrogens with zero attached hydrogens (tertiary/aromatic N) is 1. The van der Waals surface area contributed by atoms with Crippen LogP contribution in [-0.4, -0.2) is 0 Å². The van der Waals surface area contributed by atoms with Crippen molar-refractivity contribution < 1.29 is 43.9 Å². The lowest BCUT2D eigenvalue weighted by molar-refractivity contribution is 1.29. The number of hydrogen-bond donors (Lipinski definition) is 0. The van der Waals surface area contributed by atoms with Crippen molar-refractivity contribution in [3.63, 3.8) is 0 Å². The molecule has 0 unspecified atom stereocenters. The van der Waals surface area contributed by atoms with E-state index in [-0.39, 0.29) is 0 Å². The fourth-order valence-electron chi connectivity index (χ4n) is 6.47. The molecule has 0 fully saturated rings. The maximum absolute atomic E-state index is 10.6. The Labute approximate surface area is 352 Å². The van der Waals surface area contributed by atoms with Crippen molar-refractivity contribution in [1.82, 2.24) is 0 Å². The predicted molar refractivity (Wildman–Crippen MR) is 228 cm³/mol.